The molecule has 0 bridgehead atoms. The Labute approximate surface area is 104 Å². The van der Waals surface area contributed by atoms with Crippen LogP contribution in [-0.2, 0) is 0 Å². The van der Waals surface area contributed by atoms with Crippen molar-refractivity contribution in [2.75, 3.05) is 0 Å². The average Bonchev–Trinajstić information content (AvgIpc) is 2.77. The molecule has 0 radical (unpaired) electrons. The molecule has 0 saturated carbocycles. The van der Waals surface area contributed by atoms with Crippen molar-refractivity contribution in [2.24, 2.45) is 0 Å². The zero-order valence-electron chi connectivity index (χ0n) is 9.58. The summed E-state index contributed by atoms with van der Waals surface area (Å²) < 4.78 is 1.47. The van der Waals surface area contributed by atoms with E-state index in [0.717, 1.165) is 0 Å². The summed E-state index contributed by atoms with van der Waals surface area (Å²) in [7, 11) is 0. The van der Waals surface area contributed by atoms with Gasteiger partial charge in [0.25, 0.3) is 5.91 Å². The number of carbonyl (C=O) groups excluding carboxylic acids is 1. The molecule has 2 aromatic carbocycles. The van der Waals surface area contributed by atoms with Crippen molar-refractivity contribution in [3.8, 4) is 5.75 Å². The van der Waals surface area contributed by atoms with Crippen molar-refractivity contribution >= 4 is 16.8 Å². The number of hydrogen-bond donors (Lipinski definition) is 1. The highest BCUT2D eigenvalue weighted by molar-refractivity contribution is 6.03. The highest BCUT2D eigenvalue weighted by Gasteiger charge is 2.13. The van der Waals surface area contributed by atoms with Crippen molar-refractivity contribution in [1.82, 2.24) is 4.57 Å². The minimum absolute atomic E-state index is 0.120. The molecule has 0 aliphatic rings. The van der Waals surface area contributed by atoms with Gasteiger partial charge in [-0.25, -0.2) is 0 Å². The molecule has 3 aromatic rings. The number of nitrogens with zero attached hydrogens (tertiary/aromatic N) is 1. The lowest BCUT2D eigenvalue weighted by molar-refractivity contribution is 0.0964. The monoisotopic (exact) mass is 237 g/mol. The molecule has 0 spiro atoms. The maximum absolute atomic E-state index is 12.3. The number of fused-ring (bicyclic) bond motifs is 1. The van der Waals surface area contributed by atoms with Crippen molar-refractivity contribution in [1.29, 1.82) is 0 Å². The molecule has 0 amide bonds. The molecule has 1 heterocycles. The van der Waals surface area contributed by atoms with Gasteiger partial charge >= 0.3 is 0 Å². The standard InChI is InChI=1S/C15H11NO2/c17-14-10-16(13-9-5-4-8-12(13)14)15(18)11-6-2-1-3-7-11/h1-10,17H. The second-order valence-corrected chi connectivity index (χ2v) is 4.07. The van der Waals surface area contributed by atoms with Gasteiger partial charge < -0.3 is 5.11 Å². The van der Waals surface area contributed by atoms with E-state index in [1.54, 1.807) is 18.2 Å². The molecule has 0 saturated heterocycles. The number of aromatic nitrogens is 1. The third-order valence-corrected chi connectivity index (χ3v) is 2.93. The van der Waals surface area contributed by atoms with E-state index in [4.69, 9.17) is 0 Å². The Kier molecular flexibility index (Phi) is 2.38. The topological polar surface area (TPSA) is 42.2 Å². The smallest absolute Gasteiger partial charge is 0.262 e. The minimum Gasteiger partial charge on any atom is -0.506 e. The summed E-state index contributed by atoms with van der Waals surface area (Å²) in [5.74, 6) is -0.0259. The molecule has 0 fully saturated rings. The Balaban J connectivity index is 2.19. The first-order chi connectivity index (χ1) is 8.77. The molecule has 0 unspecified atom stereocenters. The first-order valence-electron chi connectivity index (χ1n) is 5.66. The third kappa shape index (κ3) is 1.57. The van der Waals surface area contributed by atoms with Gasteiger partial charge in [-0.2, -0.15) is 0 Å². The van der Waals surface area contributed by atoms with Gasteiger partial charge in [0.1, 0.15) is 5.75 Å². The molecule has 3 heteroatoms. The lowest BCUT2D eigenvalue weighted by atomic mass is 10.2. The largest absolute Gasteiger partial charge is 0.506 e. The summed E-state index contributed by atoms with van der Waals surface area (Å²) in [6.07, 6.45) is 1.46. The van der Waals surface area contributed by atoms with E-state index in [1.807, 2.05) is 36.4 Å². The van der Waals surface area contributed by atoms with E-state index in [1.165, 1.54) is 10.8 Å². The fourth-order valence-electron chi connectivity index (χ4n) is 2.05. The molecule has 0 aliphatic carbocycles. The molecule has 0 aliphatic heterocycles. The van der Waals surface area contributed by atoms with Crippen LogP contribution < -0.4 is 0 Å². The highest BCUT2D eigenvalue weighted by Crippen LogP contribution is 2.27. The molecule has 88 valence electrons. The van der Waals surface area contributed by atoms with E-state index in [-0.39, 0.29) is 11.7 Å². The second-order valence-electron chi connectivity index (χ2n) is 4.07. The zero-order chi connectivity index (χ0) is 12.5. The Morgan fingerprint density at radius 3 is 2.39 bits per heavy atom. The Bertz CT molecular complexity index is 714. The van der Waals surface area contributed by atoms with Crippen LogP contribution in [0.3, 0.4) is 0 Å². The summed E-state index contributed by atoms with van der Waals surface area (Å²) in [5.41, 5.74) is 1.31. The lowest BCUT2D eigenvalue weighted by Crippen LogP contribution is -2.10. The Hall–Kier alpha value is -2.55. The summed E-state index contributed by atoms with van der Waals surface area (Å²) in [4.78, 5) is 12.3. The van der Waals surface area contributed by atoms with E-state index >= 15 is 0 Å². The zero-order valence-corrected chi connectivity index (χ0v) is 9.58. The van der Waals surface area contributed by atoms with E-state index in [0.29, 0.717) is 16.5 Å². The normalized spacial score (nSPS) is 10.7. The number of rotatable bonds is 1. The van der Waals surface area contributed by atoms with Crippen LogP contribution in [0.4, 0.5) is 0 Å². The van der Waals surface area contributed by atoms with Crippen LogP contribution >= 0.6 is 0 Å². The first-order valence-corrected chi connectivity index (χ1v) is 5.66. The predicted octanol–water partition coefficient (Wildman–Crippen LogP) is 3.04. The van der Waals surface area contributed by atoms with Crippen LogP contribution in [0.15, 0.2) is 60.8 Å². The lowest BCUT2D eigenvalue weighted by Gasteiger charge is -2.03. The van der Waals surface area contributed by atoms with Crippen molar-refractivity contribution in [3.63, 3.8) is 0 Å². The fraction of sp³-hybridized carbons (Fsp3) is 0. The summed E-state index contributed by atoms with van der Waals surface area (Å²) in [6, 6.07) is 16.3. The molecular formula is C15H11NO2. The maximum Gasteiger partial charge on any atom is 0.262 e. The maximum atomic E-state index is 12.3. The van der Waals surface area contributed by atoms with Crippen molar-refractivity contribution in [3.05, 3.63) is 66.4 Å². The highest BCUT2D eigenvalue weighted by atomic mass is 16.3. The quantitative estimate of drug-likeness (QED) is 0.706. The molecule has 3 rings (SSSR count). The SMILES string of the molecule is O=C(c1ccccc1)n1cc(O)c2ccccc21. The van der Waals surface area contributed by atoms with Crippen LogP contribution in [0.25, 0.3) is 10.9 Å². The summed E-state index contributed by atoms with van der Waals surface area (Å²) in [6.45, 7) is 0. The number of aromatic hydroxyl groups is 1. The predicted molar refractivity (Wildman–Crippen MR) is 69.8 cm³/mol. The third-order valence-electron chi connectivity index (χ3n) is 2.93. The van der Waals surface area contributed by atoms with Gasteiger partial charge in [0.15, 0.2) is 0 Å². The van der Waals surface area contributed by atoms with Gasteiger partial charge in [0, 0.05) is 10.9 Å². The van der Waals surface area contributed by atoms with Gasteiger partial charge in [-0.05, 0) is 24.3 Å². The minimum atomic E-state index is -0.146. The van der Waals surface area contributed by atoms with Crippen LogP contribution in [0, 0.1) is 0 Å². The number of benzene rings is 2. The number of hydrogen-bond acceptors (Lipinski definition) is 2. The Morgan fingerprint density at radius 1 is 0.944 bits per heavy atom. The van der Waals surface area contributed by atoms with E-state index < -0.39 is 0 Å². The van der Waals surface area contributed by atoms with Crippen molar-refractivity contribution < 1.29 is 9.90 Å². The average molecular weight is 237 g/mol. The van der Waals surface area contributed by atoms with Gasteiger partial charge in [-0.1, -0.05) is 30.3 Å². The van der Waals surface area contributed by atoms with Crippen LogP contribution in [0.5, 0.6) is 5.75 Å². The van der Waals surface area contributed by atoms with E-state index in [2.05, 4.69) is 0 Å². The number of carbonyl (C=O) groups is 1. The van der Waals surface area contributed by atoms with Crippen LogP contribution in [0.2, 0.25) is 0 Å². The van der Waals surface area contributed by atoms with Crippen molar-refractivity contribution in [2.45, 2.75) is 0 Å². The van der Waals surface area contributed by atoms with Crippen LogP contribution in [0.1, 0.15) is 10.4 Å². The Morgan fingerprint density at radius 2 is 1.61 bits per heavy atom. The molecule has 0 atom stereocenters. The summed E-state index contributed by atoms with van der Waals surface area (Å²) in [5, 5.41) is 10.5. The molecule has 1 N–H and O–H groups in total. The molecule has 18 heavy (non-hydrogen) atoms. The molecule has 3 nitrogen and oxygen atoms in total. The number of para-hydroxylation sites is 1. The van der Waals surface area contributed by atoms with E-state index in [9.17, 15) is 9.90 Å². The van der Waals surface area contributed by atoms with Gasteiger partial charge in [0.05, 0.1) is 11.7 Å². The first kappa shape index (κ1) is 10.6. The fourth-order valence-corrected chi connectivity index (χ4v) is 2.05. The second kappa shape index (κ2) is 4.04. The van der Waals surface area contributed by atoms with Gasteiger partial charge in [0.2, 0.25) is 0 Å². The van der Waals surface area contributed by atoms with Crippen LogP contribution in [-0.4, -0.2) is 15.6 Å². The molecular weight excluding hydrogens is 226 g/mol. The summed E-state index contributed by atoms with van der Waals surface area (Å²) >= 11 is 0. The van der Waals surface area contributed by atoms with Gasteiger partial charge in [-0.15, -0.1) is 0 Å². The molecule has 1 aromatic heterocycles. The van der Waals surface area contributed by atoms with Gasteiger partial charge in [-0.3, -0.25) is 9.36 Å².